The predicted molar refractivity (Wildman–Crippen MR) is 38.3 cm³/mol. The van der Waals surface area contributed by atoms with Gasteiger partial charge in [-0.05, 0) is 12.1 Å². The zero-order valence-electron chi connectivity index (χ0n) is 5.58. The molecule has 0 atom stereocenters. The van der Waals surface area contributed by atoms with Crippen LogP contribution in [-0.4, -0.2) is 9.97 Å². The van der Waals surface area contributed by atoms with Crippen molar-refractivity contribution < 1.29 is 4.39 Å². The maximum Gasteiger partial charge on any atom is 0.125 e. The molecule has 0 saturated heterocycles. The van der Waals surface area contributed by atoms with Crippen LogP contribution in [0.3, 0.4) is 0 Å². The predicted octanol–water partition coefficient (Wildman–Crippen LogP) is 1.57. The second-order valence-corrected chi connectivity index (χ2v) is 2.13. The lowest BCUT2D eigenvalue weighted by atomic mass is 10.3. The van der Waals surface area contributed by atoms with E-state index in [4.69, 9.17) is 0 Å². The second-order valence-electron chi connectivity index (χ2n) is 2.13. The summed E-state index contributed by atoms with van der Waals surface area (Å²) in [6, 6.07) is 4.28. The largest absolute Gasteiger partial charge is 0.252 e. The molecule has 1 aromatic carbocycles. The van der Waals surface area contributed by atoms with E-state index in [9.17, 15) is 4.39 Å². The third kappa shape index (κ3) is 1.05. The number of aromatic nitrogens is 2. The molecule has 3 heteroatoms. The molecule has 1 heterocycles. The van der Waals surface area contributed by atoms with Crippen LogP contribution in [0.4, 0.5) is 4.39 Å². The van der Waals surface area contributed by atoms with Crippen molar-refractivity contribution in [3.05, 3.63) is 36.4 Å². The molecule has 53 valence electrons. The van der Waals surface area contributed by atoms with Crippen LogP contribution >= 0.6 is 0 Å². The fraction of sp³-hybridized carbons (Fsp3) is 0. The molecule has 2 aromatic rings. The van der Waals surface area contributed by atoms with E-state index in [1.807, 2.05) is 0 Å². The standard InChI is InChI=1S/C8H4FN2/c9-6-1-2-7-8(5-6)11-4-3-10-7/h1-3,5H. The lowest BCUT2D eigenvalue weighted by Gasteiger charge is -1.92. The number of halogens is 1. The third-order valence-electron chi connectivity index (χ3n) is 1.38. The Bertz CT molecular complexity index is 387. The van der Waals surface area contributed by atoms with Crippen molar-refractivity contribution >= 4 is 11.0 Å². The van der Waals surface area contributed by atoms with Gasteiger partial charge in [-0.1, -0.05) is 0 Å². The van der Waals surface area contributed by atoms with Crippen molar-refractivity contribution in [3.8, 4) is 0 Å². The molecule has 0 aliphatic heterocycles. The maximum atomic E-state index is 12.6. The van der Waals surface area contributed by atoms with Gasteiger partial charge in [-0.2, -0.15) is 0 Å². The van der Waals surface area contributed by atoms with Gasteiger partial charge in [-0.25, -0.2) is 9.37 Å². The summed E-state index contributed by atoms with van der Waals surface area (Å²) in [5, 5.41) is 0. The third-order valence-corrected chi connectivity index (χ3v) is 1.38. The summed E-state index contributed by atoms with van der Waals surface area (Å²) in [5.74, 6) is -0.300. The summed E-state index contributed by atoms with van der Waals surface area (Å²) < 4.78 is 12.6. The van der Waals surface area contributed by atoms with Crippen LogP contribution in [0, 0.1) is 12.0 Å². The van der Waals surface area contributed by atoms with Crippen LogP contribution in [0.15, 0.2) is 24.4 Å². The number of nitrogens with zero attached hydrogens (tertiary/aromatic N) is 2. The van der Waals surface area contributed by atoms with Crippen molar-refractivity contribution in [1.82, 2.24) is 9.97 Å². The van der Waals surface area contributed by atoms with Crippen molar-refractivity contribution in [3.63, 3.8) is 0 Å². The minimum absolute atomic E-state index is 0.300. The molecule has 0 aliphatic carbocycles. The van der Waals surface area contributed by atoms with Gasteiger partial charge < -0.3 is 0 Å². The van der Waals surface area contributed by atoms with Gasteiger partial charge in [-0.3, -0.25) is 4.98 Å². The summed E-state index contributed by atoms with van der Waals surface area (Å²) in [7, 11) is 0. The highest BCUT2D eigenvalue weighted by molar-refractivity contribution is 5.73. The molecule has 2 rings (SSSR count). The molecular formula is C8H4FN2. The van der Waals surface area contributed by atoms with Crippen LogP contribution in [0.25, 0.3) is 11.0 Å². The monoisotopic (exact) mass is 147 g/mol. The van der Waals surface area contributed by atoms with E-state index in [0.717, 1.165) is 0 Å². The molecular weight excluding hydrogens is 143 g/mol. The van der Waals surface area contributed by atoms with Crippen molar-refractivity contribution in [2.75, 3.05) is 0 Å². The highest BCUT2D eigenvalue weighted by atomic mass is 19.1. The Kier molecular flexibility index (Phi) is 1.28. The van der Waals surface area contributed by atoms with E-state index >= 15 is 0 Å². The van der Waals surface area contributed by atoms with E-state index in [-0.39, 0.29) is 5.82 Å². The Hall–Kier alpha value is -1.51. The number of rotatable bonds is 0. The number of hydrogen-bond acceptors (Lipinski definition) is 2. The topological polar surface area (TPSA) is 25.8 Å². The Morgan fingerprint density at radius 3 is 3.09 bits per heavy atom. The first kappa shape index (κ1) is 6.22. The van der Waals surface area contributed by atoms with Crippen molar-refractivity contribution in [1.29, 1.82) is 0 Å². The molecule has 0 unspecified atom stereocenters. The quantitative estimate of drug-likeness (QED) is 0.565. The van der Waals surface area contributed by atoms with Gasteiger partial charge >= 0.3 is 0 Å². The maximum absolute atomic E-state index is 12.6. The van der Waals surface area contributed by atoms with Gasteiger partial charge in [0.2, 0.25) is 0 Å². The molecule has 2 nitrogen and oxygen atoms in total. The Morgan fingerprint density at radius 1 is 1.27 bits per heavy atom. The van der Waals surface area contributed by atoms with Crippen LogP contribution in [0.5, 0.6) is 0 Å². The van der Waals surface area contributed by atoms with Crippen LogP contribution < -0.4 is 0 Å². The second kappa shape index (κ2) is 2.27. The van der Waals surface area contributed by atoms with Gasteiger partial charge in [0.1, 0.15) is 12.0 Å². The molecule has 0 amide bonds. The van der Waals surface area contributed by atoms with E-state index in [1.165, 1.54) is 18.3 Å². The van der Waals surface area contributed by atoms with Gasteiger partial charge in [0.05, 0.1) is 17.2 Å². The Balaban J connectivity index is 2.83. The normalized spacial score (nSPS) is 10.3. The van der Waals surface area contributed by atoms with Crippen LogP contribution in [0.1, 0.15) is 0 Å². The van der Waals surface area contributed by atoms with Gasteiger partial charge in [0.25, 0.3) is 0 Å². The minimum Gasteiger partial charge on any atom is -0.252 e. The fourth-order valence-electron chi connectivity index (χ4n) is 0.892. The van der Waals surface area contributed by atoms with E-state index < -0.39 is 0 Å². The molecule has 0 spiro atoms. The van der Waals surface area contributed by atoms with Crippen molar-refractivity contribution in [2.24, 2.45) is 0 Å². The highest BCUT2D eigenvalue weighted by Crippen LogP contribution is 2.08. The lowest BCUT2D eigenvalue weighted by Crippen LogP contribution is -1.82. The average molecular weight is 147 g/mol. The summed E-state index contributed by atoms with van der Waals surface area (Å²) in [4.78, 5) is 7.75. The summed E-state index contributed by atoms with van der Waals surface area (Å²) in [6.07, 6.45) is 3.99. The molecule has 11 heavy (non-hydrogen) atoms. The van der Waals surface area contributed by atoms with Crippen LogP contribution in [0.2, 0.25) is 0 Å². The van der Waals surface area contributed by atoms with E-state index in [2.05, 4.69) is 16.2 Å². The minimum atomic E-state index is -0.300. The molecule has 0 saturated carbocycles. The lowest BCUT2D eigenvalue weighted by molar-refractivity contribution is 0.629. The summed E-state index contributed by atoms with van der Waals surface area (Å²) in [5.41, 5.74) is 1.22. The smallest absolute Gasteiger partial charge is 0.125 e. The molecule has 0 bridgehead atoms. The Labute approximate surface area is 62.7 Å². The fourth-order valence-corrected chi connectivity index (χ4v) is 0.892. The molecule has 0 aliphatic rings. The SMILES string of the molecule is Fc1ccc2nc[c]nc2c1. The Morgan fingerprint density at radius 2 is 2.18 bits per heavy atom. The summed E-state index contributed by atoms with van der Waals surface area (Å²) >= 11 is 0. The van der Waals surface area contributed by atoms with Crippen molar-refractivity contribution in [2.45, 2.75) is 0 Å². The van der Waals surface area contributed by atoms with E-state index in [1.54, 1.807) is 6.07 Å². The average Bonchev–Trinajstić information content (AvgIpc) is 2.04. The van der Waals surface area contributed by atoms with E-state index in [0.29, 0.717) is 11.0 Å². The first-order valence-electron chi connectivity index (χ1n) is 3.14. The zero-order valence-corrected chi connectivity index (χ0v) is 5.58. The molecule has 1 radical (unpaired) electrons. The first-order valence-corrected chi connectivity index (χ1v) is 3.14. The number of fused-ring (bicyclic) bond motifs is 1. The first-order chi connectivity index (χ1) is 5.36. The van der Waals surface area contributed by atoms with Gasteiger partial charge in [0.15, 0.2) is 0 Å². The molecule has 0 N–H and O–H groups in total. The number of hydrogen-bond donors (Lipinski definition) is 0. The highest BCUT2D eigenvalue weighted by Gasteiger charge is 1.95. The summed E-state index contributed by atoms with van der Waals surface area (Å²) in [6.45, 7) is 0. The number of benzene rings is 1. The molecule has 1 aromatic heterocycles. The van der Waals surface area contributed by atoms with Gasteiger partial charge in [0, 0.05) is 6.07 Å². The van der Waals surface area contributed by atoms with Gasteiger partial charge in [-0.15, -0.1) is 0 Å². The van der Waals surface area contributed by atoms with Crippen LogP contribution in [-0.2, 0) is 0 Å². The molecule has 0 fully saturated rings. The zero-order chi connectivity index (χ0) is 7.68.